The normalized spacial score (nSPS) is 26.6. The maximum atomic E-state index is 10.4. The van der Waals surface area contributed by atoms with Crippen LogP contribution in [0, 0.1) is 6.92 Å². The molecule has 0 aromatic rings. The molecule has 1 rings (SSSR count). The van der Waals surface area contributed by atoms with Gasteiger partial charge >= 0.3 is 0 Å². The smallest absolute Gasteiger partial charge is 0.135 e. The molecule has 1 saturated heterocycles. The number of ketones is 1. The van der Waals surface area contributed by atoms with Gasteiger partial charge in [0.1, 0.15) is 5.78 Å². The average Bonchev–Trinajstić information content (AvgIpc) is 2.15. The zero-order valence-electron chi connectivity index (χ0n) is 5.43. The number of hydrogen-bond donors (Lipinski definition) is 0. The lowest BCUT2D eigenvalue weighted by atomic mass is 10.1. The maximum absolute atomic E-state index is 10.4. The van der Waals surface area contributed by atoms with E-state index in [9.17, 15) is 4.79 Å². The SMILES string of the molecule is [CH2]C(=O)CC1CCCO1. The Morgan fingerprint density at radius 3 is 3.00 bits per heavy atom. The van der Waals surface area contributed by atoms with Crippen molar-refractivity contribution in [2.24, 2.45) is 0 Å². The van der Waals surface area contributed by atoms with Crippen LogP contribution < -0.4 is 0 Å². The van der Waals surface area contributed by atoms with E-state index in [0.717, 1.165) is 19.4 Å². The lowest BCUT2D eigenvalue weighted by molar-refractivity contribution is -0.116. The van der Waals surface area contributed by atoms with Crippen molar-refractivity contribution in [1.29, 1.82) is 0 Å². The molecule has 2 nitrogen and oxygen atoms in total. The van der Waals surface area contributed by atoms with E-state index in [1.54, 1.807) is 0 Å². The molecule has 0 aliphatic carbocycles. The minimum Gasteiger partial charge on any atom is -0.378 e. The molecule has 1 unspecified atom stereocenters. The number of carbonyl (C=O) groups excluding carboxylic acids is 1. The van der Waals surface area contributed by atoms with Crippen molar-refractivity contribution >= 4 is 5.78 Å². The monoisotopic (exact) mass is 127 g/mol. The summed E-state index contributed by atoms with van der Waals surface area (Å²) in [6.45, 7) is 4.10. The van der Waals surface area contributed by atoms with Crippen LogP contribution in [0.1, 0.15) is 19.3 Å². The predicted octanol–water partition coefficient (Wildman–Crippen LogP) is 0.959. The molecule has 9 heavy (non-hydrogen) atoms. The lowest BCUT2D eigenvalue weighted by Gasteiger charge is -2.03. The van der Waals surface area contributed by atoms with E-state index in [4.69, 9.17) is 4.74 Å². The molecule has 1 aliphatic heterocycles. The molecule has 2 heteroatoms. The highest BCUT2D eigenvalue weighted by atomic mass is 16.5. The largest absolute Gasteiger partial charge is 0.378 e. The zero-order chi connectivity index (χ0) is 6.69. The molecule has 1 fully saturated rings. The summed E-state index contributed by atoms with van der Waals surface area (Å²) >= 11 is 0. The first-order chi connectivity index (χ1) is 4.29. The summed E-state index contributed by atoms with van der Waals surface area (Å²) in [7, 11) is 0. The summed E-state index contributed by atoms with van der Waals surface area (Å²) in [5, 5.41) is 0. The first kappa shape index (κ1) is 6.75. The second-order valence-electron chi connectivity index (χ2n) is 2.38. The van der Waals surface area contributed by atoms with Gasteiger partial charge in [-0.05, 0) is 12.8 Å². The summed E-state index contributed by atoms with van der Waals surface area (Å²) in [6, 6.07) is 0. The second-order valence-corrected chi connectivity index (χ2v) is 2.38. The van der Waals surface area contributed by atoms with Crippen molar-refractivity contribution in [3.8, 4) is 0 Å². The van der Waals surface area contributed by atoms with Gasteiger partial charge in [0.2, 0.25) is 0 Å². The highest BCUT2D eigenvalue weighted by Gasteiger charge is 2.16. The van der Waals surface area contributed by atoms with Crippen LogP contribution in [0.5, 0.6) is 0 Å². The standard InChI is InChI=1S/C7H11O2/c1-6(8)5-7-3-2-4-9-7/h7H,1-5H2. The number of ether oxygens (including phenoxy) is 1. The number of hydrogen-bond acceptors (Lipinski definition) is 2. The molecule has 1 heterocycles. The minimum absolute atomic E-state index is 0.0121. The van der Waals surface area contributed by atoms with Crippen molar-refractivity contribution in [3.05, 3.63) is 6.92 Å². The second kappa shape index (κ2) is 2.97. The zero-order valence-corrected chi connectivity index (χ0v) is 5.43. The van der Waals surface area contributed by atoms with E-state index in [2.05, 4.69) is 6.92 Å². The molecular weight excluding hydrogens is 116 g/mol. The fourth-order valence-electron chi connectivity index (χ4n) is 1.06. The van der Waals surface area contributed by atoms with Crippen molar-refractivity contribution in [2.45, 2.75) is 25.4 Å². The van der Waals surface area contributed by atoms with Crippen molar-refractivity contribution < 1.29 is 9.53 Å². The molecule has 1 aliphatic rings. The van der Waals surface area contributed by atoms with Gasteiger partial charge in [0, 0.05) is 20.0 Å². The van der Waals surface area contributed by atoms with E-state index in [0.29, 0.717) is 6.42 Å². The van der Waals surface area contributed by atoms with Crippen LogP contribution >= 0.6 is 0 Å². The van der Waals surface area contributed by atoms with Crippen LogP contribution in [-0.2, 0) is 9.53 Å². The summed E-state index contributed by atoms with van der Waals surface area (Å²) in [5.41, 5.74) is 0. The molecule has 0 bridgehead atoms. The van der Waals surface area contributed by atoms with Crippen LogP contribution in [-0.4, -0.2) is 18.5 Å². The summed E-state index contributed by atoms with van der Waals surface area (Å²) < 4.78 is 5.20. The van der Waals surface area contributed by atoms with E-state index in [-0.39, 0.29) is 11.9 Å². The van der Waals surface area contributed by atoms with Crippen molar-refractivity contribution in [1.82, 2.24) is 0 Å². The molecular formula is C7H11O2. The molecule has 1 atom stereocenters. The Morgan fingerprint density at radius 1 is 1.78 bits per heavy atom. The van der Waals surface area contributed by atoms with E-state index >= 15 is 0 Å². The highest BCUT2D eigenvalue weighted by Crippen LogP contribution is 2.14. The van der Waals surface area contributed by atoms with Gasteiger partial charge in [0.15, 0.2) is 0 Å². The quantitative estimate of drug-likeness (QED) is 0.552. The van der Waals surface area contributed by atoms with Crippen LogP contribution in [0.25, 0.3) is 0 Å². The van der Waals surface area contributed by atoms with Crippen molar-refractivity contribution in [3.63, 3.8) is 0 Å². The average molecular weight is 127 g/mol. The van der Waals surface area contributed by atoms with Gasteiger partial charge in [-0.15, -0.1) is 0 Å². The summed E-state index contributed by atoms with van der Waals surface area (Å²) in [5.74, 6) is -0.0121. The van der Waals surface area contributed by atoms with Crippen LogP contribution in [0.15, 0.2) is 0 Å². The third kappa shape index (κ3) is 2.14. The molecule has 1 radical (unpaired) electrons. The first-order valence-corrected chi connectivity index (χ1v) is 3.25. The van der Waals surface area contributed by atoms with Crippen LogP contribution in [0.2, 0.25) is 0 Å². The van der Waals surface area contributed by atoms with Gasteiger partial charge in [0.25, 0.3) is 0 Å². The van der Waals surface area contributed by atoms with Gasteiger partial charge in [0.05, 0.1) is 6.10 Å². The Balaban J connectivity index is 2.19. The fraction of sp³-hybridized carbons (Fsp3) is 0.714. The van der Waals surface area contributed by atoms with Gasteiger partial charge < -0.3 is 4.74 Å². The van der Waals surface area contributed by atoms with Crippen LogP contribution in [0.3, 0.4) is 0 Å². The fourth-order valence-corrected chi connectivity index (χ4v) is 1.06. The molecule has 0 spiro atoms. The van der Waals surface area contributed by atoms with E-state index in [1.165, 1.54) is 0 Å². The number of carbonyl (C=O) groups is 1. The van der Waals surface area contributed by atoms with E-state index in [1.807, 2.05) is 0 Å². The van der Waals surface area contributed by atoms with Gasteiger partial charge in [-0.1, -0.05) is 0 Å². The summed E-state index contributed by atoms with van der Waals surface area (Å²) in [4.78, 5) is 10.4. The predicted molar refractivity (Wildman–Crippen MR) is 34.0 cm³/mol. The highest BCUT2D eigenvalue weighted by molar-refractivity contribution is 5.82. The summed E-state index contributed by atoms with van der Waals surface area (Å²) in [6.07, 6.45) is 2.80. The van der Waals surface area contributed by atoms with Gasteiger partial charge in [-0.2, -0.15) is 0 Å². The Bertz CT molecular complexity index is 103. The Hall–Kier alpha value is -0.370. The molecule has 0 aromatic carbocycles. The molecule has 0 N–H and O–H groups in total. The van der Waals surface area contributed by atoms with E-state index < -0.39 is 0 Å². The first-order valence-electron chi connectivity index (χ1n) is 3.25. The Labute approximate surface area is 55.2 Å². The third-order valence-corrected chi connectivity index (χ3v) is 1.48. The van der Waals surface area contributed by atoms with Gasteiger partial charge in [-0.3, -0.25) is 4.79 Å². The van der Waals surface area contributed by atoms with Gasteiger partial charge in [-0.25, -0.2) is 0 Å². The molecule has 0 amide bonds. The topological polar surface area (TPSA) is 26.3 Å². The molecule has 0 saturated carbocycles. The third-order valence-electron chi connectivity index (χ3n) is 1.48. The molecule has 0 aromatic heterocycles. The molecule has 51 valence electrons. The maximum Gasteiger partial charge on any atom is 0.135 e. The van der Waals surface area contributed by atoms with Crippen molar-refractivity contribution in [2.75, 3.05) is 6.61 Å². The lowest BCUT2D eigenvalue weighted by Crippen LogP contribution is -2.09. The minimum atomic E-state index is -0.0121. The number of Topliss-reactive ketones (excluding diaryl/α,β-unsaturated/α-hetero) is 1. The van der Waals surface area contributed by atoms with Crippen LogP contribution in [0.4, 0.5) is 0 Å². The number of rotatable bonds is 2. The Morgan fingerprint density at radius 2 is 2.56 bits per heavy atom. The Kier molecular flexibility index (Phi) is 2.22.